The third-order valence-corrected chi connectivity index (χ3v) is 2.68. The highest BCUT2D eigenvalue weighted by atomic mass is 79.9. The van der Waals surface area contributed by atoms with E-state index < -0.39 is 16.8 Å². The molecule has 0 bridgehead atoms. The first kappa shape index (κ1) is 12.3. The number of halogens is 5. The summed E-state index contributed by atoms with van der Waals surface area (Å²) in [4.78, 5) is 0. The van der Waals surface area contributed by atoms with Crippen molar-refractivity contribution in [2.45, 2.75) is 11.5 Å². The number of hydrogen-bond acceptors (Lipinski definition) is 1. The van der Waals surface area contributed by atoms with Crippen LogP contribution < -0.4 is 0 Å². The lowest BCUT2D eigenvalue weighted by Crippen LogP contribution is -2.10. The van der Waals surface area contributed by atoms with E-state index in [-0.39, 0.29) is 16.5 Å². The van der Waals surface area contributed by atoms with Crippen LogP contribution in [0.2, 0.25) is 5.02 Å². The van der Waals surface area contributed by atoms with Crippen molar-refractivity contribution in [1.82, 2.24) is 0 Å². The maximum absolute atomic E-state index is 12.6. The molecule has 0 aliphatic rings. The molecule has 80 valence electrons. The molecular weight excluding hydrogens is 294 g/mol. The Morgan fingerprint density at radius 2 is 2.00 bits per heavy atom. The molecule has 0 saturated heterocycles. The van der Waals surface area contributed by atoms with Crippen molar-refractivity contribution in [2.24, 2.45) is 0 Å². The molecular formula is C9H4BrClF3N. The number of rotatable bonds is 1. The van der Waals surface area contributed by atoms with Crippen molar-refractivity contribution >= 4 is 27.5 Å². The summed E-state index contributed by atoms with van der Waals surface area (Å²) in [6.45, 7) is 0. The van der Waals surface area contributed by atoms with E-state index >= 15 is 0 Å². The molecule has 0 heterocycles. The molecule has 0 spiro atoms. The first-order chi connectivity index (χ1) is 6.91. The minimum atomic E-state index is -4.55. The summed E-state index contributed by atoms with van der Waals surface area (Å²) in [7, 11) is 0. The minimum Gasteiger partial charge on any atom is -0.192 e. The maximum atomic E-state index is 12.6. The first-order valence-electron chi connectivity index (χ1n) is 3.76. The minimum absolute atomic E-state index is 0.0244. The SMILES string of the molecule is N#Cc1ccc(Cl)c(C(F)(F)F)c1CBr. The Morgan fingerprint density at radius 3 is 2.40 bits per heavy atom. The monoisotopic (exact) mass is 297 g/mol. The summed E-state index contributed by atoms with van der Waals surface area (Å²) >= 11 is 8.39. The average Bonchev–Trinajstić information content (AvgIpc) is 2.15. The number of benzene rings is 1. The second-order valence-corrected chi connectivity index (χ2v) is 3.66. The summed E-state index contributed by atoms with van der Waals surface area (Å²) in [5.41, 5.74) is -1.10. The Hall–Kier alpha value is -0.730. The Balaban J connectivity index is 3.55. The smallest absolute Gasteiger partial charge is 0.192 e. The van der Waals surface area contributed by atoms with Crippen LogP contribution in [0.4, 0.5) is 13.2 Å². The van der Waals surface area contributed by atoms with Gasteiger partial charge in [-0.25, -0.2) is 0 Å². The molecule has 0 unspecified atom stereocenters. The van der Waals surface area contributed by atoms with E-state index in [1.807, 2.05) is 0 Å². The predicted molar refractivity (Wildman–Crippen MR) is 53.8 cm³/mol. The fraction of sp³-hybridized carbons (Fsp3) is 0.222. The third-order valence-electron chi connectivity index (χ3n) is 1.80. The Morgan fingerprint density at radius 1 is 1.40 bits per heavy atom. The maximum Gasteiger partial charge on any atom is 0.418 e. The van der Waals surface area contributed by atoms with E-state index in [2.05, 4.69) is 15.9 Å². The normalized spacial score (nSPS) is 11.2. The molecule has 1 aromatic rings. The van der Waals surface area contributed by atoms with Crippen molar-refractivity contribution in [3.63, 3.8) is 0 Å². The lowest BCUT2D eigenvalue weighted by molar-refractivity contribution is -0.138. The second-order valence-electron chi connectivity index (χ2n) is 2.69. The van der Waals surface area contributed by atoms with Gasteiger partial charge in [0.2, 0.25) is 0 Å². The first-order valence-corrected chi connectivity index (χ1v) is 5.26. The zero-order valence-electron chi connectivity index (χ0n) is 7.20. The quantitative estimate of drug-likeness (QED) is 0.715. The number of nitrogens with zero attached hydrogens (tertiary/aromatic N) is 1. The predicted octanol–water partition coefficient (Wildman–Crippen LogP) is 4.13. The van der Waals surface area contributed by atoms with Crippen molar-refractivity contribution in [3.8, 4) is 6.07 Å². The van der Waals surface area contributed by atoms with Gasteiger partial charge in [0.25, 0.3) is 0 Å². The standard InChI is InChI=1S/C9H4BrClF3N/c10-3-6-5(4-15)1-2-7(11)8(6)9(12,13)14/h1-2H,3H2. The molecule has 0 saturated carbocycles. The molecule has 0 atom stereocenters. The average molecular weight is 298 g/mol. The van der Waals surface area contributed by atoms with E-state index in [0.29, 0.717) is 0 Å². The Kier molecular flexibility index (Phi) is 3.63. The largest absolute Gasteiger partial charge is 0.418 e. The number of nitriles is 1. The van der Waals surface area contributed by atoms with E-state index in [9.17, 15) is 13.2 Å². The van der Waals surface area contributed by atoms with Crippen LogP contribution in [0.3, 0.4) is 0 Å². The van der Waals surface area contributed by atoms with Gasteiger partial charge in [-0.2, -0.15) is 18.4 Å². The molecule has 1 nitrogen and oxygen atoms in total. The van der Waals surface area contributed by atoms with Crippen LogP contribution in [0.25, 0.3) is 0 Å². The van der Waals surface area contributed by atoms with Gasteiger partial charge < -0.3 is 0 Å². The van der Waals surface area contributed by atoms with Gasteiger partial charge in [-0.1, -0.05) is 27.5 Å². The summed E-state index contributed by atoms with van der Waals surface area (Å²) in [5, 5.41) is 8.19. The topological polar surface area (TPSA) is 23.8 Å². The molecule has 6 heteroatoms. The van der Waals surface area contributed by atoms with Gasteiger partial charge in [0, 0.05) is 5.33 Å². The van der Waals surface area contributed by atoms with E-state index in [4.69, 9.17) is 16.9 Å². The van der Waals surface area contributed by atoms with E-state index in [0.717, 1.165) is 6.07 Å². The fourth-order valence-electron chi connectivity index (χ4n) is 1.17. The van der Waals surface area contributed by atoms with Gasteiger partial charge in [0.1, 0.15) is 0 Å². The van der Waals surface area contributed by atoms with Crippen LogP contribution in [0.1, 0.15) is 16.7 Å². The summed E-state index contributed by atoms with van der Waals surface area (Å²) in [5.74, 6) is 0. The molecule has 0 amide bonds. The van der Waals surface area contributed by atoms with Gasteiger partial charge in [0.05, 0.1) is 22.2 Å². The highest BCUT2D eigenvalue weighted by Crippen LogP contribution is 2.39. The Labute approximate surface area is 97.6 Å². The van der Waals surface area contributed by atoms with Crippen LogP contribution >= 0.6 is 27.5 Å². The molecule has 1 rings (SSSR count). The zero-order valence-corrected chi connectivity index (χ0v) is 9.54. The van der Waals surface area contributed by atoms with Gasteiger partial charge in [-0.3, -0.25) is 0 Å². The van der Waals surface area contributed by atoms with Crippen molar-refractivity contribution in [3.05, 3.63) is 33.8 Å². The van der Waals surface area contributed by atoms with Crippen molar-refractivity contribution < 1.29 is 13.2 Å². The van der Waals surface area contributed by atoms with Crippen LogP contribution in [0.5, 0.6) is 0 Å². The van der Waals surface area contributed by atoms with Crippen LogP contribution in [0, 0.1) is 11.3 Å². The van der Waals surface area contributed by atoms with Crippen LogP contribution in [-0.2, 0) is 11.5 Å². The third kappa shape index (κ3) is 2.44. The van der Waals surface area contributed by atoms with Gasteiger partial charge in [0.15, 0.2) is 0 Å². The van der Waals surface area contributed by atoms with Gasteiger partial charge in [-0.15, -0.1) is 0 Å². The lowest BCUT2D eigenvalue weighted by Gasteiger charge is -2.14. The number of alkyl halides is 4. The van der Waals surface area contributed by atoms with Crippen LogP contribution in [0.15, 0.2) is 12.1 Å². The highest BCUT2D eigenvalue weighted by Gasteiger charge is 2.36. The Bertz CT molecular complexity index is 423. The summed E-state index contributed by atoms with van der Waals surface area (Å²) in [6, 6.07) is 4.05. The summed E-state index contributed by atoms with van der Waals surface area (Å²) in [6.07, 6.45) is -4.55. The molecule has 0 fully saturated rings. The molecule has 0 aromatic heterocycles. The lowest BCUT2D eigenvalue weighted by atomic mass is 10.0. The van der Waals surface area contributed by atoms with Gasteiger partial charge in [-0.05, 0) is 17.7 Å². The van der Waals surface area contributed by atoms with Gasteiger partial charge >= 0.3 is 6.18 Å². The fourth-order valence-corrected chi connectivity index (χ4v) is 2.04. The molecule has 0 aliphatic heterocycles. The molecule has 0 radical (unpaired) electrons. The van der Waals surface area contributed by atoms with Crippen molar-refractivity contribution in [2.75, 3.05) is 0 Å². The highest BCUT2D eigenvalue weighted by molar-refractivity contribution is 9.08. The molecule has 0 N–H and O–H groups in total. The zero-order chi connectivity index (χ0) is 11.6. The van der Waals surface area contributed by atoms with E-state index in [1.54, 1.807) is 6.07 Å². The molecule has 1 aromatic carbocycles. The number of hydrogen-bond donors (Lipinski definition) is 0. The van der Waals surface area contributed by atoms with Crippen LogP contribution in [-0.4, -0.2) is 0 Å². The van der Waals surface area contributed by atoms with E-state index in [1.165, 1.54) is 6.07 Å². The second kappa shape index (κ2) is 4.42. The molecule has 0 aliphatic carbocycles. The summed E-state index contributed by atoms with van der Waals surface area (Å²) < 4.78 is 37.8. The van der Waals surface area contributed by atoms with Crippen molar-refractivity contribution in [1.29, 1.82) is 5.26 Å². The molecule has 15 heavy (non-hydrogen) atoms.